The molecule has 5 nitrogen and oxygen atoms in total. The van der Waals surface area contributed by atoms with E-state index in [-0.39, 0.29) is 12.5 Å². The molecule has 1 aromatic rings. The predicted molar refractivity (Wildman–Crippen MR) is 77.5 cm³/mol. The maximum atomic E-state index is 11.8. The molecule has 19 heavy (non-hydrogen) atoms. The lowest BCUT2D eigenvalue weighted by molar-refractivity contribution is -0.121. The van der Waals surface area contributed by atoms with Crippen LogP contribution in [0.3, 0.4) is 0 Å². The molecule has 1 heterocycles. The van der Waals surface area contributed by atoms with Gasteiger partial charge in [-0.25, -0.2) is 4.98 Å². The van der Waals surface area contributed by atoms with Gasteiger partial charge in [-0.1, -0.05) is 0 Å². The summed E-state index contributed by atoms with van der Waals surface area (Å²) in [5.74, 6) is -0.0355. The van der Waals surface area contributed by atoms with Crippen molar-refractivity contribution in [3.8, 4) is 0 Å². The van der Waals surface area contributed by atoms with Crippen molar-refractivity contribution in [2.24, 2.45) is 0 Å². The maximum absolute atomic E-state index is 11.8. The Balaban J connectivity index is 2.51. The Kier molecular flexibility index (Phi) is 5.90. The first-order valence-corrected chi connectivity index (χ1v) is 7.13. The molecule has 1 rings (SSSR count). The summed E-state index contributed by atoms with van der Waals surface area (Å²) in [6.45, 7) is 9.52. The number of nitrogens with one attached hydrogen (secondary N) is 2. The van der Waals surface area contributed by atoms with Crippen molar-refractivity contribution in [1.29, 1.82) is 0 Å². The Hall–Kier alpha value is -0.980. The van der Waals surface area contributed by atoms with Crippen LogP contribution < -0.4 is 10.6 Å². The molecule has 0 saturated heterocycles. The van der Waals surface area contributed by atoms with Gasteiger partial charge in [-0.15, -0.1) is 11.3 Å². The van der Waals surface area contributed by atoms with Crippen LogP contribution in [0.2, 0.25) is 0 Å². The van der Waals surface area contributed by atoms with Crippen molar-refractivity contribution in [3.05, 3.63) is 15.6 Å². The molecule has 0 aliphatic rings. The molecule has 0 saturated carbocycles. The highest BCUT2D eigenvalue weighted by molar-refractivity contribution is 7.11. The summed E-state index contributed by atoms with van der Waals surface area (Å²) in [6.07, 6.45) is 0. The highest BCUT2D eigenvalue weighted by Gasteiger charge is 2.26. The fourth-order valence-corrected chi connectivity index (χ4v) is 2.53. The second kappa shape index (κ2) is 6.98. The van der Waals surface area contributed by atoms with E-state index < -0.39 is 5.54 Å². The first kappa shape index (κ1) is 16.1. The minimum Gasteiger partial charge on any atom is -0.383 e. The van der Waals surface area contributed by atoms with E-state index in [0.717, 1.165) is 10.7 Å². The lowest BCUT2D eigenvalue weighted by atomic mass is 10.1. The maximum Gasteiger partial charge on any atom is 0.234 e. The van der Waals surface area contributed by atoms with Crippen molar-refractivity contribution < 1.29 is 9.53 Å². The van der Waals surface area contributed by atoms with E-state index in [9.17, 15) is 4.79 Å². The monoisotopic (exact) mass is 285 g/mol. The van der Waals surface area contributed by atoms with Crippen molar-refractivity contribution in [2.75, 3.05) is 26.8 Å². The molecule has 0 aromatic carbocycles. The second-order valence-electron chi connectivity index (χ2n) is 5.00. The highest BCUT2D eigenvalue weighted by Crippen LogP contribution is 2.26. The number of thiazole rings is 1. The summed E-state index contributed by atoms with van der Waals surface area (Å²) < 4.78 is 4.91. The smallest absolute Gasteiger partial charge is 0.234 e. The molecule has 108 valence electrons. The van der Waals surface area contributed by atoms with Crippen LogP contribution in [0.5, 0.6) is 0 Å². The number of hydrogen-bond acceptors (Lipinski definition) is 5. The van der Waals surface area contributed by atoms with Crippen LogP contribution >= 0.6 is 11.3 Å². The Bertz CT molecular complexity index is 410. The SMILES string of the molecule is COCCNCC(=O)NC(C)(C)c1nc(C)c(C)s1. The van der Waals surface area contributed by atoms with Gasteiger partial charge in [0.25, 0.3) is 0 Å². The Labute approximate surface area is 118 Å². The number of nitrogens with zero attached hydrogens (tertiary/aromatic N) is 1. The number of hydrogen-bond donors (Lipinski definition) is 2. The molecule has 0 aliphatic heterocycles. The van der Waals surface area contributed by atoms with E-state index in [1.165, 1.54) is 4.88 Å². The fraction of sp³-hybridized carbons (Fsp3) is 0.692. The Morgan fingerprint density at radius 2 is 2.11 bits per heavy atom. The van der Waals surface area contributed by atoms with Crippen molar-refractivity contribution in [2.45, 2.75) is 33.2 Å². The number of amides is 1. The summed E-state index contributed by atoms with van der Waals surface area (Å²) in [4.78, 5) is 17.5. The van der Waals surface area contributed by atoms with Crippen molar-refractivity contribution in [3.63, 3.8) is 0 Å². The van der Waals surface area contributed by atoms with Gasteiger partial charge in [-0.3, -0.25) is 4.79 Å². The third-order valence-electron chi connectivity index (χ3n) is 2.78. The molecule has 6 heteroatoms. The number of aromatic nitrogens is 1. The number of carbonyl (C=O) groups excluding carboxylic acids is 1. The summed E-state index contributed by atoms with van der Waals surface area (Å²) in [7, 11) is 1.64. The average molecular weight is 285 g/mol. The molecule has 0 aliphatic carbocycles. The second-order valence-corrected chi connectivity index (χ2v) is 6.21. The zero-order valence-electron chi connectivity index (χ0n) is 12.3. The highest BCUT2D eigenvalue weighted by atomic mass is 32.1. The molecule has 1 amide bonds. The predicted octanol–water partition coefficient (Wildman–Crippen LogP) is 1.35. The summed E-state index contributed by atoms with van der Waals surface area (Å²) >= 11 is 1.63. The van der Waals surface area contributed by atoms with Gasteiger partial charge in [0.2, 0.25) is 5.91 Å². The number of ether oxygens (including phenoxy) is 1. The zero-order valence-corrected chi connectivity index (χ0v) is 13.1. The van der Waals surface area contributed by atoms with Crippen LogP contribution in [0.1, 0.15) is 29.4 Å². The van der Waals surface area contributed by atoms with Gasteiger partial charge in [0, 0.05) is 18.5 Å². The van der Waals surface area contributed by atoms with Gasteiger partial charge in [-0.05, 0) is 27.7 Å². The third-order valence-corrected chi connectivity index (χ3v) is 4.18. The molecule has 1 aromatic heterocycles. The third kappa shape index (κ3) is 4.89. The topological polar surface area (TPSA) is 63.2 Å². The molecule has 0 atom stereocenters. The van der Waals surface area contributed by atoms with Gasteiger partial charge in [0.15, 0.2) is 0 Å². The van der Waals surface area contributed by atoms with Crippen LogP contribution in [-0.4, -0.2) is 37.7 Å². The average Bonchev–Trinajstić information content (AvgIpc) is 2.66. The summed E-state index contributed by atoms with van der Waals surface area (Å²) in [6, 6.07) is 0. The summed E-state index contributed by atoms with van der Waals surface area (Å²) in [5, 5.41) is 6.96. The first-order valence-electron chi connectivity index (χ1n) is 6.32. The van der Waals surface area contributed by atoms with E-state index >= 15 is 0 Å². The van der Waals surface area contributed by atoms with E-state index in [2.05, 4.69) is 15.6 Å². The fourth-order valence-electron chi connectivity index (χ4n) is 1.56. The van der Waals surface area contributed by atoms with Crippen LogP contribution in [0.25, 0.3) is 0 Å². The van der Waals surface area contributed by atoms with Crippen LogP contribution in [0, 0.1) is 13.8 Å². The van der Waals surface area contributed by atoms with Crippen LogP contribution in [-0.2, 0) is 15.1 Å². The van der Waals surface area contributed by atoms with Crippen molar-refractivity contribution >= 4 is 17.2 Å². The number of rotatable bonds is 7. The molecule has 0 unspecified atom stereocenters. The zero-order chi connectivity index (χ0) is 14.5. The minimum atomic E-state index is -0.441. The standard InChI is InChI=1S/C13H23N3O2S/c1-9-10(2)19-12(15-9)13(3,4)16-11(17)8-14-6-7-18-5/h14H,6-8H2,1-5H3,(H,16,17). The number of aryl methyl sites for hydroxylation is 2. The molecular formula is C13H23N3O2S. The Morgan fingerprint density at radius 3 is 2.63 bits per heavy atom. The minimum absolute atomic E-state index is 0.0355. The lowest BCUT2D eigenvalue weighted by Crippen LogP contribution is -2.45. The molecule has 2 N–H and O–H groups in total. The molecule has 0 radical (unpaired) electrons. The van der Waals surface area contributed by atoms with E-state index in [1.807, 2.05) is 27.7 Å². The Morgan fingerprint density at radius 1 is 1.42 bits per heavy atom. The van der Waals surface area contributed by atoms with E-state index in [0.29, 0.717) is 13.2 Å². The van der Waals surface area contributed by atoms with Gasteiger partial charge in [-0.2, -0.15) is 0 Å². The number of carbonyl (C=O) groups is 1. The van der Waals surface area contributed by atoms with Crippen LogP contribution in [0.15, 0.2) is 0 Å². The molecular weight excluding hydrogens is 262 g/mol. The van der Waals surface area contributed by atoms with Crippen LogP contribution in [0.4, 0.5) is 0 Å². The molecule has 0 spiro atoms. The lowest BCUT2D eigenvalue weighted by Gasteiger charge is -2.24. The normalized spacial score (nSPS) is 11.6. The van der Waals surface area contributed by atoms with E-state index in [4.69, 9.17) is 4.74 Å². The van der Waals surface area contributed by atoms with Gasteiger partial charge in [0.1, 0.15) is 5.01 Å². The van der Waals surface area contributed by atoms with Gasteiger partial charge < -0.3 is 15.4 Å². The quantitative estimate of drug-likeness (QED) is 0.742. The van der Waals surface area contributed by atoms with E-state index in [1.54, 1.807) is 18.4 Å². The number of methoxy groups -OCH3 is 1. The molecule has 0 bridgehead atoms. The summed E-state index contributed by atoms with van der Waals surface area (Å²) in [5.41, 5.74) is 0.588. The first-order chi connectivity index (χ1) is 8.86. The largest absolute Gasteiger partial charge is 0.383 e. The molecule has 0 fully saturated rings. The van der Waals surface area contributed by atoms with Gasteiger partial charge >= 0.3 is 0 Å². The van der Waals surface area contributed by atoms with Gasteiger partial charge in [0.05, 0.1) is 24.4 Å². The van der Waals surface area contributed by atoms with Crippen molar-refractivity contribution in [1.82, 2.24) is 15.6 Å².